The van der Waals surface area contributed by atoms with Crippen LogP contribution in [0.5, 0.6) is 0 Å². The molecule has 6 heteroatoms. The van der Waals surface area contributed by atoms with Gasteiger partial charge in [0.15, 0.2) is 0 Å². The summed E-state index contributed by atoms with van der Waals surface area (Å²) in [7, 11) is 0. The van der Waals surface area contributed by atoms with Crippen molar-refractivity contribution in [2.75, 3.05) is 0 Å². The summed E-state index contributed by atoms with van der Waals surface area (Å²) in [6, 6.07) is 1.82. The van der Waals surface area contributed by atoms with Crippen LogP contribution in [0.4, 0.5) is 0 Å². The zero-order valence-corrected chi connectivity index (χ0v) is 11.3. The molecule has 0 saturated heterocycles. The number of amides is 1. The lowest BCUT2D eigenvalue weighted by Crippen LogP contribution is -2.36. The predicted octanol–water partition coefficient (Wildman–Crippen LogP) is 1.82. The number of pyridine rings is 1. The molecule has 2 rings (SSSR count). The summed E-state index contributed by atoms with van der Waals surface area (Å²) in [6.45, 7) is 0. The molecule has 16 heavy (non-hydrogen) atoms. The maximum Gasteiger partial charge on any atom is 0.243 e. The zero-order valence-electron chi connectivity index (χ0n) is 8.41. The lowest BCUT2D eigenvalue weighted by Gasteiger charge is -2.15. The number of rotatable bonds is 3. The van der Waals surface area contributed by atoms with Crippen LogP contribution in [0.25, 0.3) is 0 Å². The van der Waals surface area contributed by atoms with Crippen molar-refractivity contribution < 1.29 is 4.79 Å². The molecular formula is C10H11ClIN3O. The van der Waals surface area contributed by atoms with Gasteiger partial charge in [-0.3, -0.25) is 15.2 Å². The smallest absolute Gasteiger partial charge is 0.243 e. The van der Waals surface area contributed by atoms with Gasteiger partial charge in [0.1, 0.15) is 0 Å². The molecule has 1 aromatic rings. The number of carbonyl (C=O) groups excluding carboxylic acids is 1. The number of hydrogen-bond donors (Lipinski definition) is 2. The van der Waals surface area contributed by atoms with Crippen LogP contribution in [0.2, 0.25) is 5.02 Å². The minimum atomic E-state index is -0.313. The quantitative estimate of drug-likeness (QED) is 0.378. The summed E-state index contributed by atoms with van der Waals surface area (Å²) in [5.41, 5.74) is 2.83. The molecule has 1 fully saturated rings. The van der Waals surface area contributed by atoms with E-state index in [-0.39, 0.29) is 11.8 Å². The highest BCUT2D eigenvalue weighted by atomic mass is 127. The first kappa shape index (κ1) is 12.1. The highest BCUT2D eigenvalue weighted by Crippen LogP contribution is 2.44. The molecule has 86 valence electrons. The van der Waals surface area contributed by atoms with E-state index in [9.17, 15) is 4.79 Å². The van der Waals surface area contributed by atoms with Crippen molar-refractivity contribution in [1.82, 2.24) is 10.4 Å². The molecule has 0 spiro atoms. The van der Waals surface area contributed by atoms with Crippen molar-refractivity contribution in [3.8, 4) is 0 Å². The maximum atomic E-state index is 11.7. The number of nitrogens with zero attached hydrogens (tertiary/aromatic N) is 1. The lowest BCUT2D eigenvalue weighted by atomic mass is 9.98. The Morgan fingerprint density at radius 2 is 2.38 bits per heavy atom. The van der Waals surface area contributed by atoms with Crippen molar-refractivity contribution in [2.24, 2.45) is 11.8 Å². The minimum Gasteiger partial charge on any atom is -0.294 e. The molecule has 0 radical (unpaired) electrons. The van der Waals surface area contributed by atoms with Gasteiger partial charge < -0.3 is 0 Å². The van der Waals surface area contributed by atoms with Crippen LogP contribution in [-0.4, -0.2) is 10.9 Å². The van der Waals surface area contributed by atoms with Crippen molar-refractivity contribution in [3.63, 3.8) is 0 Å². The summed E-state index contributed by atoms with van der Waals surface area (Å²) in [6.07, 6.45) is 3.73. The number of hydrazine groups is 1. The SMILES string of the molecule is NNC(=O)C(c1nccc(I)c1Cl)C1CC1. The molecule has 0 aromatic carbocycles. The molecule has 4 nitrogen and oxygen atoms in total. The van der Waals surface area contributed by atoms with Gasteiger partial charge in [-0.15, -0.1) is 0 Å². The second-order valence-electron chi connectivity index (χ2n) is 3.82. The second kappa shape index (κ2) is 4.85. The van der Waals surface area contributed by atoms with Gasteiger partial charge >= 0.3 is 0 Å². The molecule has 1 saturated carbocycles. The zero-order chi connectivity index (χ0) is 11.7. The third kappa shape index (κ3) is 2.31. The molecule has 1 aromatic heterocycles. The Hall–Kier alpha value is -0.400. The number of nitrogens with two attached hydrogens (primary N) is 1. The monoisotopic (exact) mass is 351 g/mol. The van der Waals surface area contributed by atoms with Crippen LogP contribution >= 0.6 is 34.2 Å². The van der Waals surface area contributed by atoms with Crippen molar-refractivity contribution in [2.45, 2.75) is 18.8 Å². The lowest BCUT2D eigenvalue weighted by molar-refractivity contribution is -0.123. The van der Waals surface area contributed by atoms with Crippen molar-refractivity contribution in [3.05, 3.63) is 26.5 Å². The summed E-state index contributed by atoms with van der Waals surface area (Å²) in [4.78, 5) is 15.9. The Labute approximate surface area is 112 Å². The summed E-state index contributed by atoms with van der Waals surface area (Å²) >= 11 is 8.30. The minimum absolute atomic E-state index is 0.209. The molecule has 0 bridgehead atoms. The number of nitrogens with one attached hydrogen (secondary N) is 1. The van der Waals surface area contributed by atoms with Crippen molar-refractivity contribution in [1.29, 1.82) is 0 Å². The van der Waals surface area contributed by atoms with E-state index in [1.54, 1.807) is 6.20 Å². The van der Waals surface area contributed by atoms with E-state index in [1.165, 1.54) is 0 Å². The van der Waals surface area contributed by atoms with E-state index >= 15 is 0 Å². The van der Waals surface area contributed by atoms with Gasteiger partial charge in [-0.1, -0.05) is 11.6 Å². The van der Waals surface area contributed by atoms with Crippen LogP contribution in [0.1, 0.15) is 24.5 Å². The standard InChI is InChI=1S/C10H11ClIN3O/c11-8-6(12)3-4-14-9(8)7(5-1-2-5)10(16)15-13/h3-5,7H,1-2,13H2,(H,15,16). The Bertz CT molecular complexity index is 423. The average Bonchev–Trinajstić information content (AvgIpc) is 3.08. The van der Waals surface area contributed by atoms with Gasteiger partial charge in [-0.2, -0.15) is 0 Å². The fourth-order valence-corrected chi connectivity index (χ4v) is 2.40. The molecule has 0 aliphatic heterocycles. The molecular weight excluding hydrogens is 340 g/mol. The predicted molar refractivity (Wildman–Crippen MR) is 69.8 cm³/mol. The molecule has 1 atom stereocenters. The third-order valence-electron chi connectivity index (χ3n) is 2.68. The van der Waals surface area contributed by atoms with E-state index in [2.05, 4.69) is 33.0 Å². The number of aromatic nitrogens is 1. The van der Waals surface area contributed by atoms with Gasteiger partial charge in [0.25, 0.3) is 0 Å². The van der Waals surface area contributed by atoms with Crippen molar-refractivity contribution >= 4 is 40.1 Å². The van der Waals surface area contributed by atoms with Gasteiger partial charge in [0.05, 0.1) is 16.6 Å². The third-order valence-corrected chi connectivity index (χ3v) is 4.30. The summed E-state index contributed by atoms with van der Waals surface area (Å²) in [5, 5.41) is 0.559. The molecule has 1 unspecified atom stereocenters. The number of hydrogen-bond acceptors (Lipinski definition) is 3. The number of halogens is 2. The Kier molecular flexibility index (Phi) is 3.66. The second-order valence-corrected chi connectivity index (χ2v) is 5.36. The summed E-state index contributed by atoms with van der Waals surface area (Å²) < 4.78 is 0.903. The molecule has 1 aliphatic carbocycles. The van der Waals surface area contributed by atoms with Gasteiger partial charge in [0, 0.05) is 9.77 Å². The average molecular weight is 352 g/mol. The van der Waals surface area contributed by atoms with Crippen LogP contribution in [0, 0.1) is 9.49 Å². The Morgan fingerprint density at radius 1 is 1.69 bits per heavy atom. The van der Waals surface area contributed by atoms with Gasteiger partial charge in [-0.05, 0) is 47.4 Å². The fourth-order valence-electron chi connectivity index (χ4n) is 1.73. The highest BCUT2D eigenvalue weighted by molar-refractivity contribution is 14.1. The normalized spacial score (nSPS) is 16.9. The van der Waals surface area contributed by atoms with E-state index in [0.29, 0.717) is 16.6 Å². The fraction of sp³-hybridized carbons (Fsp3) is 0.400. The first-order valence-corrected chi connectivity index (χ1v) is 6.41. The van der Waals surface area contributed by atoms with E-state index in [0.717, 1.165) is 16.4 Å². The van der Waals surface area contributed by atoms with Crippen LogP contribution in [-0.2, 0) is 4.79 Å². The molecule has 3 N–H and O–H groups in total. The maximum absolute atomic E-state index is 11.7. The van der Waals surface area contributed by atoms with Crippen LogP contribution < -0.4 is 11.3 Å². The first-order valence-electron chi connectivity index (χ1n) is 4.95. The van der Waals surface area contributed by atoms with Gasteiger partial charge in [-0.25, -0.2) is 5.84 Å². The Balaban J connectivity index is 2.38. The van der Waals surface area contributed by atoms with Gasteiger partial charge in [0.2, 0.25) is 5.91 Å². The summed E-state index contributed by atoms with van der Waals surface area (Å²) in [5.74, 6) is 5.00. The highest BCUT2D eigenvalue weighted by Gasteiger charge is 2.39. The molecule has 1 aliphatic rings. The Morgan fingerprint density at radius 3 is 2.94 bits per heavy atom. The van der Waals surface area contributed by atoms with E-state index in [4.69, 9.17) is 17.4 Å². The molecule has 1 amide bonds. The largest absolute Gasteiger partial charge is 0.294 e. The first-order chi connectivity index (χ1) is 7.65. The number of carbonyl (C=O) groups is 1. The van der Waals surface area contributed by atoms with Crippen LogP contribution in [0.15, 0.2) is 12.3 Å². The molecule has 1 heterocycles. The van der Waals surface area contributed by atoms with Crippen LogP contribution in [0.3, 0.4) is 0 Å². The topological polar surface area (TPSA) is 68.0 Å². The van der Waals surface area contributed by atoms with E-state index in [1.807, 2.05) is 6.07 Å². The van der Waals surface area contributed by atoms with E-state index < -0.39 is 0 Å².